The van der Waals surface area contributed by atoms with Gasteiger partial charge in [0.2, 0.25) is 0 Å². The number of ether oxygens (including phenoxy) is 1. The molecule has 1 fully saturated rings. The Bertz CT molecular complexity index is 321. The summed E-state index contributed by atoms with van der Waals surface area (Å²) >= 11 is 0. The average Bonchev–Trinajstić information content (AvgIpc) is 2.55. The highest BCUT2D eigenvalue weighted by molar-refractivity contribution is 5.15. The van der Waals surface area contributed by atoms with Crippen LogP contribution in [0.25, 0.3) is 0 Å². The zero-order valence-electron chi connectivity index (χ0n) is 9.42. The number of nitrogens with one attached hydrogen (secondary N) is 1. The van der Waals surface area contributed by atoms with Crippen LogP contribution in [0.4, 0.5) is 4.39 Å². The molecule has 2 nitrogen and oxygen atoms in total. The maximum atomic E-state index is 12.9. The maximum absolute atomic E-state index is 12.9. The van der Waals surface area contributed by atoms with E-state index in [9.17, 15) is 4.39 Å². The Morgan fingerprint density at radius 1 is 1.31 bits per heavy atom. The zero-order chi connectivity index (χ0) is 11.2. The summed E-state index contributed by atoms with van der Waals surface area (Å²) in [5, 5.41) is 3.34. The van der Waals surface area contributed by atoms with Crippen LogP contribution in [0.1, 0.15) is 24.8 Å². The minimum atomic E-state index is -0.191. The molecular weight excluding hydrogens is 205 g/mol. The lowest BCUT2D eigenvalue weighted by molar-refractivity contribution is 0.0329. The summed E-state index contributed by atoms with van der Waals surface area (Å²) in [5.41, 5.74) is 0.914. The van der Waals surface area contributed by atoms with Crippen molar-refractivity contribution in [2.75, 3.05) is 13.1 Å². The van der Waals surface area contributed by atoms with Crippen LogP contribution >= 0.6 is 0 Å². The van der Waals surface area contributed by atoms with Crippen LogP contribution in [0.3, 0.4) is 0 Å². The van der Waals surface area contributed by atoms with Crippen LogP contribution in [0.2, 0.25) is 0 Å². The second kappa shape index (κ2) is 5.97. The van der Waals surface area contributed by atoms with Gasteiger partial charge in [-0.05, 0) is 50.0 Å². The van der Waals surface area contributed by atoms with Gasteiger partial charge in [-0.1, -0.05) is 12.1 Å². The van der Waals surface area contributed by atoms with Crippen molar-refractivity contribution in [3.05, 3.63) is 35.6 Å². The van der Waals surface area contributed by atoms with E-state index in [1.165, 1.54) is 12.1 Å². The van der Waals surface area contributed by atoms with E-state index in [0.29, 0.717) is 12.7 Å². The van der Waals surface area contributed by atoms with Gasteiger partial charge in [-0.3, -0.25) is 0 Å². The molecular formula is C13H18FNO. The molecule has 0 amide bonds. The van der Waals surface area contributed by atoms with Gasteiger partial charge in [0.1, 0.15) is 5.82 Å². The van der Waals surface area contributed by atoms with Crippen LogP contribution in [0.15, 0.2) is 24.3 Å². The van der Waals surface area contributed by atoms with Crippen LogP contribution in [0, 0.1) is 5.82 Å². The molecule has 2 rings (SSSR count). The minimum absolute atomic E-state index is 0.191. The molecule has 1 aromatic rings. The Hall–Kier alpha value is -0.930. The first-order valence-electron chi connectivity index (χ1n) is 5.91. The van der Waals surface area contributed by atoms with E-state index in [4.69, 9.17) is 4.74 Å². The Kier molecular flexibility index (Phi) is 4.31. The minimum Gasteiger partial charge on any atom is -0.373 e. The van der Waals surface area contributed by atoms with Crippen LogP contribution < -0.4 is 5.32 Å². The second-order valence-corrected chi connectivity index (χ2v) is 4.24. The lowest BCUT2D eigenvalue weighted by Crippen LogP contribution is -2.17. The standard InChI is InChI=1S/C13H18FNO/c14-12-4-1-3-11(9-12)10-16-13-5-2-7-15-8-6-13/h1,3-4,9,13,15H,2,5-8,10H2. The second-order valence-electron chi connectivity index (χ2n) is 4.24. The molecule has 0 bridgehead atoms. The van der Waals surface area contributed by atoms with Gasteiger partial charge in [-0.15, -0.1) is 0 Å². The Labute approximate surface area is 95.8 Å². The van der Waals surface area contributed by atoms with Gasteiger partial charge in [0.05, 0.1) is 12.7 Å². The first-order valence-corrected chi connectivity index (χ1v) is 5.91. The third kappa shape index (κ3) is 3.58. The number of benzene rings is 1. The van der Waals surface area contributed by atoms with Gasteiger partial charge in [0.25, 0.3) is 0 Å². The summed E-state index contributed by atoms with van der Waals surface area (Å²) in [6.07, 6.45) is 3.63. The fraction of sp³-hybridized carbons (Fsp3) is 0.538. The monoisotopic (exact) mass is 223 g/mol. The first kappa shape index (κ1) is 11.6. The SMILES string of the molecule is Fc1cccc(COC2CCCNCC2)c1. The van der Waals surface area contributed by atoms with Crippen LogP contribution in [-0.2, 0) is 11.3 Å². The summed E-state index contributed by atoms with van der Waals surface area (Å²) in [6.45, 7) is 2.62. The van der Waals surface area contributed by atoms with Crippen molar-refractivity contribution in [2.45, 2.75) is 32.0 Å². The lowest BCUT2D eigenvalue weighted by Gasteiger charge is -2.14. The molecule has 3 heteroatoms. The predicted octanol–water partition coefficient (Wildman–Crippen LogP) is 2.48. The van der Waals surface area contributed by atoms with Gasteiger partial charge in [-0.25, -0.2) is 4.39 Å². The smallest absolute Gasteiger partial charge is 0.123 e. The quantitative estimate of drug-likeness (QED) is 0.850. The molecule has 0 spiro atoms. The molecule has 1 unspecified atom stereocenters. The van der Waals surface area contributed by atoms with E-state index < -0.39 is 0 Å². The largest absolute Gasteiger partial charge is 0.373 e. The number of rotatable bonds is 3. The molecule has 1 aliphatic heterocycles. The maximum Gasteiger partial charge on any atom is 0.123 e. The highest BCUT2D eigenvalue weighted by atomic mass is 19.1. The Morgan fingerprint density at radius 2 is 2.25 bits per heavy atom. The van der Waals surface area contributed by atoms with Crippen molar-refractivity contribution in [1.29, 1.82) is 0 Å². The summed E-state index contributed by atoms with van der Waals surface area (Å²) < 4.78 is 18.7. The zero-order valence-corrected chi connectivity index (χ0v) is 9.42. The Balaban J connectivity index is 1.81. The van der Waals surface area contributed by atoms with Gasteiger partial charge < -0.3 is 10.1 Å². The third-order valence-electron chi connectivity index (χ3n) is 2.90. The molecule has 0 aliphatic carbocycles. The lowest BCUT2D eigenvalue weighted by atomic mass is 10.1. The molecule has 1 atom stereocenters. The highest BCUT2D eigenvalue weighted by Crippen LogP contribution is 2.13. The topological polar surface area (TPSA) is 21.3 Å². The van der Waals surface area contributed by atoms with E-state index in [1.54, 1.807) is 6.07 Å². The number of hydrogen-bond donors (Lipinski definition) is 1. The molecule has 0 aromatic heterocycles. The molecule has 0 saturated carbocycles. The van der Waals surface area contributed by atoms with Crippen molar-refractivity contribution >= 4 is 0 Å². The van der Waals surface area contributed by atoms with E-state index >= 15 is 0 Å². The molecule has 0 radical (unpaired) electrons. The number of hydrogen-bond acceptors (Lipinski definition) is 2. The van der Waals surface area contributed by atoms with Gasteiger partial charge in [-0.2, -0.15) is 0 Å². The summed E-state index contributed by atoms with van der Waals surface area (Å²) in [6, 6.07) is 6.62. The normalized spacial score (nSPS) is 21.7. The Morgan fingerprint density at radius 3 is 3.12 bits per heavy atom. The van der Waals surface area contributed by atoms with E-state index in [0.717, 1.165) is 37.9 Å². The van der Waals surface area contributed by atoms with Crippen molar-refractivity contribution in [3.8, 4) is 0 Å². The van der Waals surface area contributed by atoms with Crippen LogP contribution in [-0.4, -0.2) is 19.2 Å². The highest BCUT2D eigenvalue weighted by Gasteiger charge is 2.12. The van der Waals surface area contributed by atoms with E-state index in [-0.39, 0.29) is 5.82 Å². The predicted molar refractivity (Wildman–Crippen MR) is 61.7 cm³/mol. The van der Waals surface area contributed by atoms with Crippen molar-refractivity contribution in [3.63, 3.8) is 0 Å². The summed E-state index contributed by atoms with van der Waals surface area (Å²) in [4.78, 5) is 0. The van der Waals surface area contributed by atoms with Crippen LogP contribution in [0.5, 0.6) is 0 Å². The van der Waals surface area contributed by atoms with Gasteiger partial charge in [0, 0.05) is 0 Å². The third-order valence-corrected chi connectivity index (χ3v) is 2.90. The molecule has 1 saturated heterocycles. The average molecular weight is 223 g/mol. The molecule has 1 heterocycles. The van der Waals surface area contributed by atoms with Gasteiger partial charge >= 0.3 is 0 Å². The molecule has 16 heavy (non-hydrogen) atoms. The fourth-order valence-electron chi connectivity index (χ4n) is 1.99. The fourth-order valence-corrected chi connectivity index (χ4v) is 1.99. The van der Waals surface area contributed by atoms with E-state index in [2.05, 4.69) is 5.32 Å². The van der Waals surface area contributed by atoms with Crippen molar-refractivity contribution in [1.82, 2.24) is 5.32 Å². The molecule has 1 aliphatic rings. The molecule has 88 valence electrons. The first-order chi connectivity index (χ1) is 7.84. The van der Waals surface area contributed by atoms with Crippen molar-refractivity contribution in [2.24, 2.45) is 0 Å². The summed E-state index contributed by atoms with van der Waals surface area (Å²) in [5.74, 6) is -0.191. The summed E-state index contributed by atoms with van der Waals surface area (Å²) in [7, 11) is 0. The van der Waals surface area contributed by atoms with Gasteiger partial charge in [0.15, 0.2) is 0 Å². The molecule has 1 aromatic carbocycles. The van der Waals surface area contributed by atoms with E-state index in [1.807, 2.05) is 6.07 Å². The number of halogens is 1. The molecule has 1 N–H and O–H groups in total. The van der Waals surface area contributed by atoms with Crippen molar-refractivity contribution < 1.29 is 9.13 Å².